The Hall–Kier alpha value is -2.14. The van der Waals surface area contributed by atoms with Crippen LogP contribution in [0.3, 0.4) is 0 Å². The Morgan fingerprint density at radius 2 is 1.86 bits per heavy atom. The highest BCUT2D eigenvalue weighted by molar-refractivity contribution is 5.39. The van der Waals surface area contributed by atoms with Gasteiger partial charge in [-0.3, -0.25) is 0 Å². The maximum Gasteiger partial charge on any atom is 0.318 e. The van der Waals surface area contributed by atoms with Crippen LogP contribution in [0.25, 0.3) is 0 Å². The Morgan fingerprint density at radius 1 is 1.14 bits per heavy atom. The average molecular weight is 298 g/mol. The van der Waals surface area contributed by atoms with Gasteiger partial charge in [-0.25, -0.2) is 4.98 Å². The highest BCUT2D eigenvalue weighted by Gasteiger charge is 2.12. The molecule has 1 aliphatic heterocycles. The molecule has 2 heterocycles. The lowest BCUT2D eigenvalue weighted by Crippen LogP contribution is -2.43. The second-order valence-electron chi connectivity index (χ2n) is 5.72. The number of rotatable bonds is 4. The summed E-state index contributed by atoms with van der Waals surface area (Å²) < 4.78 is 5.77. The van der Waals surface area contributed by atoms with Gasteiger partial charge in [0.25, 0.3) is 0 Å². The van der Waals surface area contributed by atoms with E-state index in [9.17, 15) is 0 Å². The minimum Gasteiger partial charge on any atom is -0.459 e. The molecule has 1 aromatic carbocycles. The van der Waals surface area contributed by atoms with Crippen molar-refractivity contribution in [1.29, 1.82) is 0 Å². The normalized spacial score (nSPS) is 14.9. The van der Waals surface area contributed by atoms with Gasteiger partial charge in [-0.15, -0.1) is 0 Å². The molecule has 0 saturated carbocycles. The summed E-state index contributed by atoms with van der Waals surface area (Å²) in [6.45, 7) is 8.59. The molecule has 0 unspecified atom stereocenters. The van der Waals surface area contributed by atoms with Crippen molar-refractivity contribution in [2.45, 2.75) is 20.5 Å². The summed E-state index contributed by atoms with van der Waals surface area (Å²) in [5.74, 6) is 0.937. The van der Waals surface area contributed by atoms with E-state index >= 15 is 0 Å². The van der Waals surface area contributed by atoms with E-state index in [2.05, 4.69) is 52.2 Å². The third kappa shape index (κ3) is 3.74. The molecule has 116 valence electrons. The first kappa shape index (κ1) is 14.8. The Labute approximate surface area is 131 Å². The second kappa shape index (κ2) is 6.75. The molecule has 0 atom stereocenters. The quantitative estimate of drug-likeness (QED) is 0.936. The zero-order valence-corrected chi connectivity index (χ0v) is 13.2. The van der Waals surface area contributed by atoms with E-state index in [1.807, 2.05) is 6.07 Å². The first-order chi connectivity index (χ1) is 10.7. The molecule has 0 radical (unpaired) electrons. The number of ether oxygens (including phenoxy) is 1. The summed E-state index contributed by atoms with van der Waals surface area (Å²) in [6.07, 6.45) is 1.77. The molecule has 5 nitrogen and oxygen atoms in total. The van der Waals surface area contributed by atoms with E-state index in [4.69, 9.17) is 4.74 Å². The molecule has 1 N–H and O–H groups in total. The molecule has 2 aromatic rings. The molecule has 1 saturated heterocycles. The Bertz CT molecular complexity index is 618. The molecule has 22 heavy (non-hydrogen) atoms. The smallest absolute Gasteiger partial charge is 0.318 e. The van der Waals surface area contributed by atoms with Crippen molar-refractivity contribution in [2.75, 3.05) is 31.1 Å². The fourth-order valence-electron chi connectivity index (χ4n) is 2.77. The van der Waals surface area contributed by atoms with Crippen LogP contribution in [-0.4, -0.2) is 36.1 Å². The predicted octanol–water partition coefficient (Wildman–Crippen LogP) is 2.08. The first-order valence-electron chi connectivity index (χ1n) is 7.69. The van der Waals surface area contributed by atoms with Crippen molar-refractivity contribution in [1.82, 2.24) is 15.3 Å². The molecular weight excluding hydrogens is 276 g/mol. The van der Waals surface area contributed by atoms with Crippen molar-refractivity contribution in [3.8, 4) is 6.01 Å². The summed E-state index contributed by atoms with van der Waals surface area (Å²) in [5, 5.41) is 3.34. The van der Waals surface area contributed by atoms with Crippen LogP contribution in [0.2, 0.25) is 0 Å². The number of anilines is 1. The van der Waals surface area contributed by atoms with E-state index in [0.717, 1.165) is 37.6 Å². The van der Waals surface area contributed by atoms with Crippen LogP contribution >= 0.6 is 0 Å². The van der Waals surface area contributed by atoms with Crippen LogP contribution in [0.15, 0.2) is 30.5 Å². The molecule has 0 spiro atoms. The molecule has 1 aliphatic rings. The number of nitrogens with zero attached hydrogens (tertiary/aromatic N) is 3. The van der Waals surface area contributed by atoms with Gasteiger partial charge in [0.1, 0.15) is 12.4 Å². The Morgan fingerprint density at radius 3 is 2.59 bits per heavy atom. The zero-order chi connectivity index (χ0) is 15.4. The van der Waals surface area contributed by atoms with Crippen molar-refractivity contribution in [3.05, 3.63) is 47.2 Å². The lowest BCUT2D eigenvalue weighted by atomic mass is 10.1. The number of benzene rings is 1. The topological polar surface area (TPSA) is 50.3 Å². The Kier molecular flexibility index (Phi) is 4.53. The summed E-state index contributed by atoms with van der Waals surface area (Å²) >= 11 is 0. The summed E-state index contributed by atoms with van der Waals surface area (Å²) in [4.78, 5) is 11.0. The SMILES string of the molecule is Cc1cc(C)cc(COc2nccc(N3CCNCC3)n2)c1. The third-order valence-corrected chi connectivity index (χ3v) is 3.71. The van der Waals surface area contributed by atoms with Crippen LogP contribution in [0, 0.1) is 13.8 Å². The second-order valence-corrected chi connectivity index (χ2v) is 5.72. The van der Waals surface area contributed by atoms with Crippen molar-refractivity contribution < 1.29 is 4.74 Å². The summed E-state index contributed by atoms with van der Waals surface area (Å²) in [5.41, 5.74) is 3.64. The molecule has 0 aliphatic carbocycles. The monoisotopic (exact) mass is 298 g/mol. The minimum absolute atomic E-state index is 0.440. The number of nitrogens with one attached hydrogen (secondary N) is 1. The highest BCUT2D eigenvalue weighted by atomic mass is 16.5. The first-order valence-corrected chi connectivity index (χ1v) is 7.69. The van der Waals surface area contributed by atoms with E-state index in [-0.39, 0.29) is 0 Å². The van der Waals surface area contributed by atoms with Crippen LogP contribution < -0.4 is 15.0 Å². The van der Waals surface area contributed by atoms with E-state index in [1.54, 1.807) is 6.20 Å². The largest absolute Gasteiger partial charge is 0.459 e. The molecule has 0 bridgehead atoms. The molecular formula is C17H22N4O. The Balaban J connectivity index is 1.67. The van der Waals surface area contributed by atoms with Gasteiger partial charge in [-0.1, -0.05) is 29.3 Å². The molecule has 3 rings (SSSR count). The third-order valence-electron chi connectivity index (χ3n) is 3.71. The standard InChI is InChI=1S/C17H22N4O/c1-13-9-14(2)11-15(10-13)12-22-17-19-4-3-16(20-17)21-7-5-18-6-8-21/h3-4,9-11,18H,5-8,12H2,1-2H3. The lowest BCUT2D eigenvalue weighted by Gasteiger charge is -2.28. The number of hydrogen-bond donors (Lipinski definition) is 1. The van der Waals surface area contributed by atoms with Crippen LogP contribution in [0.1, 0.15) is 16.7 Å². The molecule has 0 amide bonds. The van der Waals surface area contributed by atoms with Crippen LogP contribution in [-0.2, 0) is 6.61 Å². The number of piperazine rings is 1. The van der Waals surface area contributed by atoms with Gasteiger partial charge in [-0.05, 0) is 25.5 Å². The van der Waals surface area contributed by atoms with Crippen LogP contribution in [0.4, 0.5) is 5.82 Å². The minimum atomic E-state index is 0.440. The van der Waals surface area contributed by atoms with Gasteiger partial charge in [0, 0.05) is 32.4 Å². The van der Waals surface area contributed by atoms with Gasteiger partial charge in [0.15, 0.2) is 0 Å². The van der Waals surface area contributed by atoms with E-state index in [1.165, 1.54) is 11.1 Å². The van der Waals surface area contributed by atoms with Gasteiger partial charge in [0.2, 0.25) is 0 Å². The van der Waals surface area contributed by atoms with Crippen LogP contribution in [0.5, 0.6) is 6.01 Å². The summed E-state index contributed by atoms with van der Waals surface area (Å²) in [6, 6.07) is 8.80. The number of hydrogen-bond acceptors (Lipinski definition) is 5. The predicted molar refractivity (Wildman–Crippen MR) is 87.4 cm³/mol. The lowest BCUT2D eigenvalue weighted by molar-refractivity contribution is 0.280. The maximum atomic E-state index is 5.77. The maximum absolute atomic E-state index is 5.77. The zero-order valence-electron chi connectivity index (χ0n) is 13.2. The van der Waals surface area contributed by atoms with Crippen molar-refractivity contribution in [2.24, 2.45) is 0 Å². The van der Waals surface area contributed by atoms with Gasteiger partial charge in [-0.2, -0.15) is 4.98 Å². The highest BCUT2D eigenvalue weighted by Crippen LogP contribution is 2.16. The molecule has 5 heteroatoms. The van der Waals surface area contributed by atoms with Gasteiger partial charge in [0.05, 0.1) is 0 Å². The molecule has 1 aromatic heterocycles. The fourth-order valence-corrected chi connectivity index (χ4v) is 2.77. The van der Waals surface area contributed by atoms with Crippen molar-refractivity contribution >= 4 is 5.82 Å². The fraction of sp³-hybridized carbons (Fsp3) is 0.412. The molecule has 1 fully saturated rings. The van der Waals surface area contributed by atoms with E-state index < -0.39 is 0 Å². The summed E-state index contributed by atoms with van der Waals surface area (Å²) in [7, 11) is 0. The van der Waals surface area contributed by atoms with E-state index in [0.29, 0.717) is 12.6 Å². The van der Waals surface area contributed by atoms with Gasteiger partial charge < -0.3 is 15.0 Å². The van der Waals surface area contributed by atoms with Gasteiger partial charge >= 0.3 is 6.01 Å². The van der Waals surface area contributed by atoms with Crippen molar-refractivity contribution in [3.63, 3.8) is 0 Å². The number of aryl methyl sites for hydroxylation is 2. The average Bonchev–Trinajstić information content (AvgIpc) is 2.53. The number of aromatic nitrogens is 2.